The van der Waals surface area contributed by atoms with Crippen LogP contribution in [0.2, 0.25) is 0 Å². The van der Waals surface area contributed by atoms with Gasteiger partial charge in [-0.1, -0.05) is 30.3 Å². The van der Waals surface area contributed by atoms with Crippen LogP contribution in [0.5, 0.6) is 0 Å². The maximum Gasteiger partial charge on any atom is 0.294 e. The average Bonchev–Trinajstić information content (AvgIpc) is 3.14. The fourth-order valence-corrected chi connectivity index (χ4v) is 3.41. The minimum atomic E-state index is -0.429. The number of nitrogens with zero attached hydrogens (tertiary/aromatic N) is 4. The highest BCUT2D eigenvalue weighted by molar-refractivity contribution is 6.42. The number of ketones is 1. The fourth-order valence-electron chi connectivity index (χ4n) is 3.41. The van der Waals surface area contributed by atoms with Crippen molar-refractivity contribution in [3.8, 4) is 0 Å². The van der Waals surface area contributed by atoms with Gasteiger partial charge in [0.25, 0.3) is 5.91 Å². The molecule has 0 spiro atoms. The Balaban J connectivity index is 1.69. The van der Waals surface area contributed by atoms with Gasteiger partial charge in [-0.2, -0.15) is 0 Å². The summed E-state index contributed by atoms with van der Waals surface area (Å²) in [7, 11) is 4.10. The molecule has 138 valence electrons. The Hall–Kier alpha value is -2.47. The lowest BCUT2D eigenvalue weighted by molar-refractivity contribution is -0.127. The van der Waals surface area contributed by atoms with Crippen LogP contribution in [0.25, 0.3) is 0 Å². The van der Waals surface area contributed by atoms with Crippen LogP contribution in [-0.2, 0) is 11.3 Å². The van der Waals surface area contributed by atoms with Gasteiger partial charge >= 0.3 is 0 Å². The molecule has 1 saturated heterocycles. The maximum atomic E-state index is 12.7. The highest BCUT2D eigenvalue weighted by Gasteiger charge is 2.30. The summed E-state index contributed by atoms with van der Waals surface area (Å²) in [5.74, 6) is 0.347. The predicted octanol–water partition coefficient (Wildman–Crippen LogP) is 2.03. The molecule has 26 heavy (non-hydrogen) atoms. The Labute approximate surface area is 154 Å². The molecule has 1 aliphatic heterocycles. The third kappa shape index (κ3) is 4.19. The molecular weight excluding hydrogens is 328 g/mol. The second-order valence-electron chi connectivity index (χ2n) is 7.07. The van der Waals surface area contributed by atoms with Crippen LogP contribution in [0.4, 0.5) is 0 Å². The maximum absolute atomic E-state index is 12.7. The van der Waals surface area contributed by atoms with E-state index in [4.69, 9.17) is 0 Å². The molecule has 1 aromatic carbocycles. The lowest BCUT2D eigenvalue weighted by Gasteiger charge is -2.32. The summed E-state index contributed by atoms with van der Waals surface area (Å²) in [4.78, 5) is 33.5. The average molecular weight is 354 g/mol. The summed E-state index contributed by atoms with van der Waals surface area (Å²) < 4.78 is 2.16. The lowest BCUT2D eigenvalue weighted by atomic mass is 9.96. The van der Waals surface area contributed by atoms with Crippen molar-refractivity contribution in [3.63, 3.8) is 0 Å². The van der Waals surface area contributed by atoms with E-state index in [0.29, 0.717) is 18.7 Å². The van der Waals surface area contributed by atoms with Crippen molar-refractivity contribution >= 4 is 11.7 Å². The van der Waals surface area contributed by atoms with Gasteiger partial charge in [0.15, 0.2) is 0 Å². The second kappa shape index (κ2) is 8.27. The summed E-state index contributed by atoms with van der Waals surface area (Å²) >= 11 is 0. The van der Waals surface area contributed by atoms with E-state index in [1.54, 1.807) is 29.2 Å². The van der Waals surface area contributed by atoms with Crippen LogP contribution in [0.1, 0.15) is 34.9 Å². The zero-order valence-electron chi connectivity index (χ0n) is 15.5. The molecule has 0 bridgehead atoms. The minimum Gasteiger partial charge on any atom is -0.335 e. The number of benzene rings is 1. The number of likely N-dealkylation sites (N-methyl/N-ethyl adjacent to an activating group) is 1. The number of carbonyl (C=O) groups excluding carboxylic acids is 2. The Morgan fingerprint density at radius 2 is 2.00 bits per heavy atom. The third-order valence-corrected chi connectivity index (χ3v) is 4.84. The zero-order valence-corrected chi connectivity index (χ0v) is 15.5. The first-order valence-corrected chi connectivity index (χ1v) is 9.10. The first-order valence-electron chi connectivity index (χ1n) is 9.10. The highest BCUT2D eigenvalue weighted by atomic mass is 16.2. The molecule has 1 amide bonds. The van der Waals surface area contributed by atoms with E-state index in [9.17, 15) is 9.59 Å². The summed E-state index contributed by atoms with van der Waals surface area (Å²) in [6.45, 7) is 2.99. The van der Waals surface area contributed by atoms with Crippen LogP contribution in [0, 0.1) is 0 Å². The Bertz CT molecular complexity index is 754. The van der Waals surface area contributed by atoms with E-state index in [0.717, 1.165) is 31.8 Å². The van der Waals surface area contributed by atoms with Crippen molar-refractivity contribution in [1.29, 1.82) is 0 Å². The molecular formula is C20H26N4O2. The number of likely N-dealkylation sites (tertiary alicyclic amines) is 1. The van der Waals surface area contributed by atoms with Gasteiger partial charge in [0.2, 0.25) is 5.78 Å². The van der Waals surface area contributed by atoms with Crippen LogP contribution in [0.15, 0.2) is 42.7 Å². The molecule has 0 unspecified atom stereocenters. The normalized spacial score (nSPS) is 17.5. The molecule has 0 saturated carbocycles. The number of aromatic nitrogens is 2. The molecule has 1 atom stereocenters. The first-order chi connectivity index (χ1) is 12.6. The monoisotopic (exact) mass is 354 g/mol. The van der Waals surface area contributed by atoms with Gasteiger partial charge < -0.3 is 14.4 Å². The van der Waals surface area contributed by atoms with E-state index in [1.807, 2.05) is 32.6 Å². The van der Waals surface area contributed by atoms with Crippen molar-refractivity contribution in [2.75, 3.05) is 33.7 Å². The molecule has 1 aliphatic rings. The third-order valence-electron chi connectivity index (χ3n) is 4.84. The van der Waals surface area contributed by atoms with Crippen molar-refractivity contribution in [2.45, 2.75) is 25.3 Å². The SMILES string of the molecule is CN(C)CCn1ccnc1[C@@H]1CCCN(C(=O)C(=O)c2ccccc2)C1. The molecule has 3 rings (SSSR count). The molecule has 2 aromatic rings. The Kier molecular flexibility index (Phi) is 5.83. The van der Waals surface area contributed by atoms with Gasteiger partial charge in [-0.25, -0.2) is 4.98 Å². The smallest absolute Gasteiger partial charge is 0.294 e. The van der Waals surface area contributed by atoms with E-state index in [2.05, 4.69) is 14.5 Å². The largest absolute Gasteiger partial charge is 0.335 e. The van der Waals surface area contributed by atoms with E-state index < -0.39 is 11.7 Å². The number of Topliss-reactive ketones (excluding diaryl/α,β-unsaturated/α-hetero) is 1. The van der Waals surface area contributed by atoms with Crippen molar-refractivity contribution < 1.29 is 9.59 Å². The molecule has 0 N–H and O–H groups in total. The quantitative estimate of drug-likeness (QED) is 0.588. The Morgan fingerprint density at radius 3 is 2.73 bits per heavy atom. The molecule has 2 heterocycles. The van der Waals surface area contributed by atoms with Crippen LogP contribution in [-0.4, -0.2) is 64.8 Å². The summed E-state index contributed by atoms with van der Waals surface area (Å²) in [5.41, 5.74) is 0.451. The second-order valence-corrected chi connectivity index (χ2v) is 7.07. The van der Waals surface area contributed by atoms with Crippen molar-refractivity contribution in [2.24, 2.45) is 0 Å². The standard InChI is InChI=1S/C20H26N4O2/c1-22(2)13-14-23-12-10-21-19(23)17-9-6-11-24(15-17)20(26)18(25)16-7-4-3-5-8-16/h3-5,7-8,10,12,17H,6,9,11,13-15H2,1-2H3/t17-/m1/s1. The van der Waals surface area contributed by atoms with Gasteiger partial charge in [0, 0.05) is 50.1 Å². The fraction of sp³-hybridized carbons (Fsp3) is 0.450. The number of imidazole rings is 1. The van der Waals surface area contributed by atoms with Gasteiger partial charge in [0.05, 0.1) is 0 Å². The highest BCUT2D eigenvalue weighted by Crippen LogP contribution is 2.26. The van der Waals surface area contributed by atoms with E-state index in [-0.39, 0.29) is 5.92 Å². The summed E-state index contributed by atoms with van der Waals surface area (Å²) in [5, 5.41) is 0. The number of carbonyl (C=O) groups is 2. The molecule has 1 aromatic heterocycles. The molecule has 6 heteroatoms. The predicted molar refractivity (Wildman–Crippen MR) is 100 cm³/mol. The van der Waals surface area contributed by atoms with Gasteiger partial charge in [0.1, 0.15) is 5.82 Å². The zero-order chi connectivity index (χ0) is 18.5. The Morgan fingerprint density at radius 1 is 1.23 bits per heavy atom. The molecule has 1 fully saturated rings. The summed E-state index contributed by atoms with van der Waals surface area (Å²) in [6, 6.07) is 8.78. The minimum absolute atomic E-state index is 0.174. The van der Waals surface area contributed by atoms with Crippen molar-refractivity contribution in [1.82, 2.24) is 19.4 Å². The first kappa shape index (κ1) is 18.3. The number of amides is 1. The van der Waals surface area contributed by atoms with Crippen LogP contribution >= 0.6 is 0 Å². The van der Waals surface area contributed by atoms with E-state index in [1.165, 1.54) is 0 Å². The van der Waals surface area contributed by atoms with Crippen LogP contribution in [0.3, 0.4) is 0 Å². The number of piperidine rings is 1. The van der Waals surface area contributed by atoms with E-state index >= 15 is 0 Å². The van der Waals surface area contributed by atoms with Crippen molar-refractivity contribution in [3.05, 3.63) is 54.1 Å². The molecule has 0 aliphatic carbocycles. The topological polar surface area (TPSA) is 58.4 Å². The van der Waals surface area contributed by atoms with Crippen LogP contribution < -0.4 is 0 Å². The lowest BCUT2D eigenvalue weighted by Crippen LogP contribution is -2.43. The number of hydrogen-bond acceptors (Lipinski definition) is 4. The number of hydrogen-bond donors (Lipinski definition) is 0. The number of rotatable bonds is 6. The van der Waals surface area contributed by atoms with Gasteiger partial charge in [-0.15, -0.1) is 0 Å². The summed E-state index contributed by atoms with van der Waals surface area (Å²) in [6.07, 6.45) is 5.69. The van der Waals surface area contributed by atoms with Gasteiger partial charge in [-0.05, 0) is 26.9 Å². The molecule has 6 nitrogen and oxygen atoms in total. The van der Waals surface area contributed by atoms with Gasteiger partial charge in [-0.3, -0.25) is 9.59 Å². The molecule has 0 radical (unpaired) electrons.